The Bertz CT molecular complexity index is 653. The van der Waals surface area contributed by atoms with Gasteiger partial charge in [0.05, 0.1) is 0 Å². The van der Waals surface area contributed by atoms with Crippen molar-refractivity contribution in [3.63, 3.8) is 0 Å². The van der Waals surface area contributed by atoms with E-state index in [4.69, 9.17) is 0 Å². The Hall–Kier alpha value is -1.99. The normalized spacial score (nSPS) is 15.0. The molecule has 0 aliphatic carbocycles. The summed E-state index contributed by atoms with van der Waals surface area (Å²) in [7, 11) is 0. The SMILES string of the molecule is CCn1nnnc1-c1cccc(NC(=O)C2CCNCC2)c1.Cl. The third-order valence-corrected chi connectivity index (χ3v) is 3.93. The quantitative estimate of drug-likeness (QED) is 0.888. The minimum atomic E-state index is 0. The maximum atomic E-state index is 12.3. The number of benzene rings is 1. The Morgan fingerprint density at radius 2 is 2.17 bits per heavy atom. The predicted molar refractivity (Wildman–Crippen MR) is 90.4 cm³/mol. The summed E-state index contributed by atoms with van der Waals surface area (Å²) in [4.78, 5) is 12.3. The summed E-state index contributed by atoms with van der Waals surface area (Å²) in [6.45, 7) is 4.50. The van der Waals surface area contributed by atoms with Crippen molar-refractivity contribution in [2.45, 2.75) is 26.3 Å². The Morgan fingerprint density at radius 3 is 2.91 bits per heavy atom. The van der Waals surface area contributed by atoms with E-state index in [1.165, 1.54) is 0 Å². The molecule has 3 rings (SSSR count). The summed E-state index contributed by atoms with van der Waals surface area (Å²) in [5, 5.41) is 18.0. The number of aromatic nitrogens is 4. The van der Waals surface area contributed by atoms with Crippen molar-refractivity contribution in [3.05, 3.63) is 24.3 Å². The van der Waals surface area contributed by atoms with Crippen LogP contribution in [0.2, 0.25) is 0 Å². The van der Waals surface area contributed by atoms with Crippen molar-refractivity contribution in [1.29, 1.82) is 0 Å². The van der Waals surface area contributed by atoms with Gasteiger partial charge in [-0.2, -0.15) is 0 Å². The minimum Gasteiger partial charge on any atom is -0.326 e. The van der Waals surface area contributed by atoms with E-state index in [9.17, 15) is 4.79 Å². The first-order valence-electron chi connectivity index (χ1n) is 7.66. The van der Waals surface area contributed by atoms with Gasteiger partial charge in [0, 0.05) is 23.7 Å². The number of carbonyl (C=O) groups is 1. The molecule has 1 aliphatic heterocycles. The molecular weight excluding hydrogens is 316 g/mol. The van der Waals surface area contributed by atoms with Gasteiger partial charge in [-0.15, -0.1) is 17.5 Å². The van der Waals surface area contributed by atoms with E-state index in [1.54, 1.807) is 4.68 Å². The zero-order valence-electron chi connectivity index (χ0n) is 13.0. The van der Waals surface area contributed by atoms with Gasteiger partial charge in [-0.25, -0.2) is 4.68 Å². The number of nitrogens with one attached hydrogen (secondary N) is 2. The summed E-state index contributed by atoms with van der Waals surface area (Å²) in [6, 6.07) is 7.65. The highest BCUT2D eigenvalue weighted by molar-refractivity contribution is 5.93. The Kier molecular flexibility index (Phi) is 6.06. The number of amides is 1. The lowest BCUT2D eigenvalue weighted by Crippen LogP contribution is -2.34. The molecule has 124 valence electrons. The standard InChI is InChI=1S/C15H20N6O.ClH/c1-2-21-14(18-19-20-21)12-4-3-5-13(10-12)17-15(22)11-6-8-16-9-7-11;/h3-5,10-11,16H,2,6-9H2,1H3,(H,17,22);1H. The molecular formula is C15H21ClN6O. The summed E-state index contributed by atoms with van der Waals surface area (Å²) in [5.41, 5.74) is 1.68. The van der Waals surface area contributed by atoms with Gasteiger partial charge in [-0.05, 0) is 55.4 Å². The molecule has 1 saturated heterocycles. The van der Waals surface area contributed by atoms with Crippen molar-refractivity contribution in [2.24, 2.45) is 5.92 Å². The van der Waals surface area contributed by atoms with Crippen molar-refractivity contribution >= 4 is 24.0 Å². The molecule has 1 amide bonds. The van der Waals surface area contributed by atoms with Gasteiger partial charge in [0.25, 0.3) is 0 Å². The van der Waals surface area contributed by atoms with Crippen molar-refractivity contribution < 1.29 is 4.79 Å². The van der Waals surface area contributed by atoms with Gasteiger partial charge >= 0.3 is 0 Å². The molecule has 0 unspecified atom stereocenters. The third kappa shape index (κ3) is 4.05. The van der Waals surface area contributed by atoms with E-state index in [0.29, 0.717) is 12.4 Å². The lowest BCUT2D eigenvalue weighted by Gasteiger charge is -2.21. The number of anilines is 1. The van der Waals surface area contributed by atoms with Gasteiger partial charge < -0.3 is 10.6 Å². The first-order chi connectivity index (χ1) is 10.8. The number of tetrazole rings is 1. The molecule has 1 aliphatic rings. The van der Waals surface area contributed by atoms with Crippen LogP contribution < -0.4 is 10.6 Å². The smallest absolute Gasteiger partial charge is 0.227 e. The number of hydrogen-bond acceptors (Lipinski definition) is 5. The Morgan fingerprint density at radius 1 is 1.39 bits per heavy atom. The van der Waals surface area contributed by atoms with Crippen LogP contribution in [0.5, 0.6) is 0 Å². The molecule has 1 fully saturated rings. The van der Waals surface area contributed by atoms with Crippen LogP contribution in [0.3, 0.4) is 0 Å². The monoisotopic (exact) mass is 336 g/mol. The van der Waals surface area contributed by atoms with Crippen LogP contribution in [0.4, 0.5) is 5.69 Å². The van der Waals surface area contributed by atoms with Crippen LogP contribution in [-0.4, -0.2) is 39.2 Å². The van der Waals surface area contributed by atoms with Crippen LogP contribution in [-0.2, 0) is 11.3 Å². The Balaban J connectivity index is 0.00000192. The molecule has 0 atom stereocenters. The average Bonchev–Trinajstić information content (AvgIpc) is 3.04. The molecule has 23 heavy (non-hydrogen) atoms. The average molecular weight is 337 g/mol. The number of halogens is 1. The maximum Gasteiger partial charge on any atom is 0.227 e. The highest BCUT2D eigenvalue weighted by Gasteiger charge is 2.21. The summed E-state index contributed by atoms with van der Waals surface area (Å²) >= 11 is 0. The molecule has 2 N–H and O–H groups in total. The van der Waals surface area contributed by atoms with E-state index in [0.717, 1.165) is 37.2 Å². The number of rotatable bonds is 4. The fraction of sp³-hybridized carbons (Fsp3) is 0.467. The number of hydrogen-bond donors (Lipinski definition) is 2. The lowest BCUT2D eigenvalue weighted by molar-refractivity contribution is -0.120. The number of carbonyl (C=O) groups excluding carboxylic acids is 1. The van der Waals surface area contributed by atoms with Gasteiger partial charge in [0.15, 0.2) is 5.82 Å². The van der Waals surface area contributed by atoms with Crippen molar-refractivity contribution in [3.8, 4) is 11.4 Å². The molecule has 7 nitrogen and oxygen atoms in total. The topological polar surface area (TPSA) is 84.7 Å². The first-order valence-corrected chi connectivity index (χ1v) is 7.66. The van der Waals surface area contributed by atoms with Gasteiger partial charge in [0.1, 0.15) is 0 Å². The van der Waals surface area contributed by atoms with Gasteiger partial charge in [-0.1, -0.05) is 12.1 Å². The molecule has 1 aromatic heterocycles. The van der Waals surface area contributed by atoms with Gasteiger partial charge in [0.2, 0.25) is 5.91 Å². The highest BCUT2D eigenvalue weighted by atomic mass is 35.5. The van der Waals surface area contributed by atoms with Crippen LogP contribution in [0, 0.1) is 5.92 Å². The van der Waals surface area contributed by atoms with Crippen LogP contribution >= 0.6 is 12.4 Å². The Labute approximate surface area is 141 Å². The van der Waals surface area contributed by atoms with E-state index < -0.39 is 0 Å². The fourth-order valence-corrected chi connectivity index (χ4v) is 2.69. The first kappa shape index (κ1) is 17.4. The summed E-state index contributed by atoms with van der Waals surface area (Å²) < 4.78 is 1.73. The van der Waals surface area contributed by atoms with Crippen LogP contribution in [0.1, 0.15) is 19.8 Å². The minimum absolute atomic E-state index is 0. The molecule has 2 aromatic rings. The molecule has 8 heteroatoms. The lowest BCUT2D eigenvalue weighted by atomic mass is 9.97. The molecule has 0 saturated carbocycles. The largest absolute Gasteiger partial charge is 0.326 e. The summed E-state index contributed by atoms with van der Waals surface area (Å²) in [5.74, 6) is 0.889. The predicted octanol–water partition coefficient (Wildman–Crippen LogP) is 1.72. The van der Waals surface area contributed by atoms with Crippen LogP contribution in [0.15, 0.2) is 24.3 Å². The third-order valence-electron chi connectivity index (χ3n) is 3.93. The van der Waals surface area contributed by atoms with Crippen molar-refractivity contribution in [2.75, 3.05) is 18.4 Å². The fourth-order valence-electron chi connectivity index (χ4n) is 2.69. The number of aryl methyl sites for hydroxylation is 1. The zero-order chi connectivity index (χ0) is 15.4. The molecule has 0 spiro atoms. The summed E-state index contributed by atoms with van der Waals surface area (Å²) in [6.07, 6.45) is 1.78. The second kappa shape index (κ2) is 8.03. The highest BCUT2D eigenvalue weighted by Crippen LogP contribution is 2.21. The molecule has 0 radical (unpaired) electrons. The second-order valence-electron chi connectivity index (χ2n) is 5.41. The van der Waals surface area contributed by atoms with Crippen molar-refractivity contribution in [1.82, 2.24) is 25.5 Å². The molecule has 1 aromatic carbocycles. The number of piperidine rings is 1. The van der Waals surface area contributed by atoms with Crippen LogP contribution in [0.25, 0.3) is 11.4 Å². The van der Waals surface area contributed by atoms with Gasteiger partial charge in [-0.3, -0.25) is 4.79 Å². The molecule has 2 heterocycles. The molecule has 0 bridgehead atoms. The number of nitrogens with zero attached hydrogens (tertiary/aromatic N) is 4. The second-order valence-corrected chi connectivity index (χ2v) is 5.41. The van der Waals surface area contributed by atoms with E-state index in [-0.39, 0.29) is 24.2 Å². The zero-order valence-corrected chi connectivity index (χ0v) is 13.8. The maximum absolute atomic E-state index is 12.3. The van der Waals surface area contributed by atoms with E-state index in [2.05, 4.69) is 26.2 Å². The van der Waals surface area contributed by atoms with E-state index >= 15 is 0 Å². The van der Waals surface area contributed by atoms with E-state index in [1.807, 2.05) is 31.2 Å².